The second-order valence-electron chi connectivity index (χ2n) is 4.25. The molecule has 1 amide bonds. The minimum absolute atomic E-state index is 0.181. The fraction of sp³-hybridized carbons (Fsp3) is 0.231. The molecule has 0 aliphatic rings. The third-order valence-corrected chi connectivity index (χ3v) is 2.73. The number of nitrogens with zero attached hydrogens (tertiary/aromatic N) is 1. The summed E-state index contributed by atoms with van der Waals surface area (Å²) in [5.74, 6) is -0.809. The van der Waals surface area contributed by atoms with Gasteiger partial charge in [-0.3, -0.25) is 9.89 Å². The molecule has 5 heteroatoms. The van der Waals surface area contributed by atoms with Gasteiger partial charge in [0.25, 0.3) is 5.91 Å². The van der Waals surface area contributed by atoms with Crippen molar-refractivity contribution in [1.29, 1.82) is 0 Å². The van der Waals surface area contributed by atoms with Crippen LogP contribution in [-0.4, -0.2) is 16.1 Å². The largest absolute Gasteiger partial charge is 0.319 e. The van der Waals surface area contributed by atoms with E-state index in [1.165, 1.54) is 6.07 Å². The van der Waals surface area contributed by atoms with Crippen molar-refractivity contribution in [3.05, 3.63) is 46.5 Å². The molecule has 0 bridgehead atoms. The highest BCUT2D eigenvalue weighted by molar-refractivity contribution is 6.05. The molecule has 2 rings (SSSR count). The molecular formula is C13H14FN3O. The molecule has 18 heavy (non-hydrogen) atoms. The highest BCUT2D eigenvalue weighted by Crippen LogP contribution is 2.18. The van der Waals surface area contributed by atoms with E-state index in [1.807, 2.05) is 6.92 Å². The third-order valence-electron chi connectivity index (χ3n) is 2.73. The van der Waals surface area contributed by atoms with E-state index < -0.39 is 5.82 Å². The zero-order valence-corrected chi connectivity index (χ0v) is 10.5. The van der Waals surface area contributed by atoms with Crippen LogP contribution in [0.15, 0.2) is 18.2 Å². The number of hydrogen-bond acceptors (Lipinski definition) is 2. The number of hydrogen-bond donors (Lipinski definition) is 2. The van der Waals surface area contributed by atoms with E-state index in [0.717, 1.165) is 5.56 Å². The molecule has 2 N–H and O–H groups in total. The summed E-state index contributed by atoms with van der Waals surface area (Å²) < 4.78 is 13.5. The number of carbonyl (C=O) groups is 1. The normalized spacial score (nSPS) is 10.4. The molecular weight excluding hydrogens is 233 g/mol. The van der Waals surface area contributed by atoms with Crippen molar-refractivity contribution in [2.24, 2.45) is 0 Å². The topological polar surface area (TPSA) is 57.8 Å². The lowest BCUT2D eigenvalue weighted by molar-refractivity contribution is 0.102. The molecule has 0 saturated heterocycles. The molecule has 94 valence electrons. The molecule has 0 saturated carbocycles. The van der Waals surface area contributed by atoms with Crippen molar-refractivity contribution in [3.8, 4) is 0 Å². The Morgan fingerprint density at radius 3 is 2.67 bits per heavy atom. The molecule has 4 nitrogen and oxygen atoms in total. The Hall–Kier alpha value is -2.17. The number of aromatic nitrogens is 2. The van der Waals surface area contributed by atoms with E-state index in [9.17, 15) is 9.18 Å². The van der Waals surface area contributed by atoms with Gasteiger partial charge in [-0.05, 0) is 38.5 Å². The molecule has 1 heterocycles. The number of aromatic amines is 1. The third kappa shape index (κ3) is 2.25. The molecule has 0 radical (unpaired) electrons. The highest BCUT2D eigenvalue weighted by atomic mass is 19.1. The average molecular weight is 247 g/mol. The van der Waals surface area contributed by atoms with Crippen LogP contribution in [0.3, 0.4) is 0 Å². The number of nitrogens with one attached hydrogen (secondary N) is 2. The minimum atomic E-state index is -0.451. The van der Waals surface area contributed by atoms with Crippen LogP contribution < -0.4 is 5.32 Å². The first-order valence-electron chi connectivity index (χ1n) is 5.58. The van der Waals surface area contributed by atoms with Gasteiger partial charge in [-0.25, -0.2) is 4.39 Å². The molecule has 1 aromatic heterocycles. The van der Waals surface area contributed by atoms with Crippen LogP contribution in [0.25, 0.3) is 0 Å². The maximum Gasteiger partial charge on any atom is 0.259 e. The van der Waals surface area contributed by atoms with E-state index in [4.69, 9.17) is 0 Å². The van der Waals surface area contributed by atoms with Crippen molar-refractivity contribution >= 4 is 11.6 Å². The van der Waals surface area contributed by atoms with Crippen LogP contribution in [0.1, 0.15) is 27.3 Å². The van der Waals surface area contributed by atoms with Gasteiger partial charge in [0, 0.05) is 5.69 Å². The second kappa shape index (κ2) is 4.60. The summed E-state index contributed by atoms with van der Waals surface area (Å²) in [6.07, 6.45) is 0. The Labute approximate surface area is 104 Å². The van der Waals surface area contributed by atoms with Crippen LogP contribution >= 0.6 is 0 Å². The van der Waals surface area contributed by atoms with Gasteiger partial charge < -0.3 is 5.32 Å². The number of amides is 1. The van der Waals surface area contributed by atoms with Gasteiger partial charge in [-0.2, -0.15) is 5.10 Å². The smallest absolute Gasteiger partial charge is 0.259 e. The van der Waals surface area contributed by atoms with Gasteiger partial charge in [0.2, 0.25) is 0 Å². The van der Waals surface area contributed by atoms with Gasteiger partial charge in [0.15, 0.2) is 0 Å². The predicted molar refractivity (Wildman–Crippen MR) is 67.2 cm³/mol. The lowest BCUT2D eigenvalue weighted by Gasteiger charge is -2.07. The van der Waals surface area contributed by atoms with Crippen LogP contribution in [0.2, 0.25) is 0 Å². The maximum atomic E-state index is 13.5. The second-order valence-corrected chi connectivity index (χ2v) is 4.25. The van der Waals surface area contributed by atoms with E-state index in [2.05, 4.69) is 15.5 Å². The van der Waals surface area contributed by atoms with Crippen LogP contribution in [0, 0.1) is 26.6 Å². The number of H-pyrrole nitrogens is 1. The Kier molecular flexibility index (Phi) is 3.14. The van der Waals surface area contributed by atoms with Gasteiger partial charge >= 0.3 is 0 Å². The number of rotatable bonds is 2. The molecule has 2 aromatic rings. The van der Waals surface area contributed by atoms with Gasteiger partial charge in [-0.15, -0.1) is 0 Å². The van der Waals surface area contributed by atoms with E-state index in [0.29, 0.717) is 17.0 Å². The summed E-state index contributed by atoms with van der Waals surface area (Å²) in [7, 11) is 0. The average Bonchev–Trinajstić information content (AvgIpc) is 2.63. The Morgan fingerprint density at radius 2 is 2.06 bits per heavy atom. The number of carbonyl (C=O) groups excluding carboxylic acids is 1. The zero-order chi connectivity index (χ0) is 13.3. The van der Waals surface area contributed by atoms with Crippen molar-refractivity contribution in [3.63, 3.8) is 0 Å². The standard InChI is InChI=1S/C13H14FN3O/c1-7-4-5-10(14)11(6-7)15-13(18)12-8(2)16-17-9(12)3/h4-6H,1-3H3,(H,15,18)(H,16,17). The summed E-state index contributed by atoms with van der Waals surface area (Å²) in [6, 6.07) is 4.58. The summed E-state index contributed by atoms with van der Waals surface area (Å²) >= 11 is 0. The molecule has 0 unspecified atom stereocenters. The number of halogens is 1. The van der Waals surface area contributed by atoms with E-state index >= 15 is 0 Å². The van der Waals surface area contributed by atoms with Crippen molar-refractivity contribution < 1.29 is 9.18 Å². The number of benzene rings is 1. The SMILES string of the molecule is Cc1ccc(F)c(NC(=O)c2c(C)n[nH]c2C)c1. The summed E-state index contributed by atoms with van der Waals surface area (Å²) in [5, 5.41) is 9.23. The summed E-state index contributed by atoms with van der Waals surface area (Å²) in [4.78, 5) is 12.0. The van der Waals surface area contributed by atoms with Crippen LogP contribution in [-0.2, 0) is 0 Å². The van der Waals surface area contributed by atoms with E-state index in [1.54, 1.807) is 26.0 Å². The fourth-order valence-electron chi connectivity index (χ4n) is 1.81. The molecule has 0 atom stereocenters. The first-order chi connectivity index (χ1) is 8.49. The van der Waals surface area contributed by atoms with Gasteiger partial charge in [-0.1, -0.05) is 6.07 Å². The first kappa shape index (κ1) is 12.3. The molecule has 0 aliphatic heterocycles. The molecule has 0 spiro atoms. The van der Waals surface area contributed by atoms with Gasteiger partial charge in [0.05, 0.1) is 16.9 Å². The first-order valence-corrected chi connectivity index (χ1v) is 5.58. The number of aryl methyl sites for hydroxylation is 3. The lowest BCUT2D eigenvalue weighted by Crippen LogP contribution is -2.14. The maximum absolute atomic E-state index is 13.5. The van der Waals surface area contributed by atoms with Crippen molar-refractivity contribution in [1.82, 2.24) is 10.2 Å². The predicted octanol–water partition coefficient (Wildman–Crippen LogP) is 2.73. The number of anilines is 1. The zero-order valence-electron chi connectivity index (χ0n) is 10.5. The summed E-state index contributed by atoms with van der Waals surface area (Å²) in [6.45, 7) is 5.32. The lowest BCUT2D eigenvalue weighted by atomic mass is 10.1. The van der Waals surface area contributed by atoms with Crippen molar-refractivity contribution in [2.75, 3.05) is 5.32 Å². The van der Waals surface area contributed by atoms with Gasteiger partial charge in [0.1, 0.15) is 5.82 Å². The molecule has 0 aliphatic carbocycles. The fourth-order valence-corrected chi connectivity index (χ4v) is 1.81. The van der Waals surface area contributed by atoms with Crippen LogP contribution in [0.4, 0.5) is 10.1 Å². The van der Waals surface area contributed by atoms with Crippen molar-refractivity contribution in [2.45, 2.75) is 20.8 Å². The Morgan fingerprint density at radius 1 is 1.33 bits per heavy atom. The highest BCUT2D eigenvalue weighted by Gasteiger charge is 2.16. The Balaban J connectivity index is 2.30. The summed E-state index contributed by atoms with van der Waals surface area (Å²) in [5.41, 5.74) is 2.78. The van der Waals surface area contributed by atoms with Crippen LogP contribution in [0.5, 0.6) is 0 Å². The molecule has 0 fully saturated rings. The monoisotopic (exact) mass is 247 g/mol. The molecule has 1 aromatic carbocycles. The Bertz CT molecular complexity index is 585. The quantitative estimate of drug-likeness (QED) is 0.857. The van der Waals surface area contributed by atoms with E-state index in [-0.39, 0.29) is 11.6 Å². The minimum Gasteiger partial charge on any atom is -0.319 e.